The van der Waals surface area contributed by atoms with E-state index < -0.39 is 0 Å². The lowest BCUT2D eigenvalue weighted by atomic mass is 9.99. The molecule has 0 spiro atoms. The minimum absolute atomic E-state index is 1.27. The van der Waals surface area contributed by atoms with Crippen LogP contribution >= 0.6 is 0 Å². The topological polar surface area (TPSA) is 0 Å². The fourth-order valence-corrected chi connectivity index (χ4v) is 2.51. The van der Waals surface area contributed by atoms with Crippen LogP contribution in [0.15, 0.2) is 60.7 Å². The average molecular weight is 262 g/mol. The molecule has 0 amide bonds. The van der Waals surface area contributed by atoms with Crippen LogP contribution in [0.2, 0.25) is 0 Å². The summed E-state index contributed by atoms with van der Waals surface area (Å²) in [7, 11) is 0. The van der Waals surface area contributed by atoms with Gasteiger partial charge in [-0.1, -0.05) is 80.1 Å². The highest BCUT2D eigenvalue weighted by Crippen LogP contribution is 2.26. The van der Waals surface area contributed by atoms with Crippen LogP contribution < -0.4 is 0 Å². The summed E-state index contributed by atoms with van der Waals surface area (Å²) in [6.45, 7) is 8.33. The summed E-state index contributed by atoms with van der Waals surface area (Å²) >= 11 is 0. The Morgan fingerprint density at radius 3 is 1.75 bits per heavy atom. The molecule has 0 radical (unpaired) electrons. The lowest BCUT2D eigenvalue weighted by Crippen LogP contribution is -1.81. The van der Waals surface area contributed by atoms with E-state index in [2.05, 4.69) is 74.5 Å². The van der Waals surface area contributed by atoms with Gasteiger partial charge in [0.15, 0.2) is 0 Å². The normalized spacial score (nSPS) is 10.0. The predicted octanol–water partition coefficient (Wildman–Crippen LogP) is 6.20. The Balaban J connectivity index is 0.000000704. The number of benzene rings is 2. The van der Waals surface area contributed by atoms with Crippen LogP contribution in [-0.2, 0) is 0 Å². The summed E-state index contributed by atoms with van der Waals surface area (Å²) in [6, 6.07) is 21.8. The van der Waals surface area contributed by atoms with Crippen LogP contribution in [-0.4, -0.2) is 0 Å². The van der Waals surface area contributed by atoms with E-state index in [1.807, 2.05) is 13.8 Å². The Morgan fingerprint density at radius 1 is 0.550 bits per heavy atom. The van der Waals surface area contributed by atoms with E-state index in [1.54, 1.807) is 0 Å². The van der Waals surface area contributed by atoms with Crippen molar-refractivity contribution < 1.29 is 0 Å². The fourth-order valence-electron chi connectivity index (χ4n) is 2.51. The molecule has 3 aromatic carbocycles. The highest BCUT2D eigenvalue weighted by molar-refractivity contribution is 6.03. The fraction of sp³-hybridized carbons (Fsp3) is 0.200. The number of fused-ring (bicyclic) bond motifs is 1. The zero-order valence-electron chi connectivity index (χ0n) is 12.8. The molecule has 0 heterocycles. The summed E-state index contributed by atoms with van der Waals surface area (Å²) in [5.74, 6) is 0. The molecule has 0 aliphatic carbocycles. The van der Waals surface area contributed by atoms with Gasteiger partial charge in [0.1, 0.15) is 0 Å². The van der Waals surface area contributed by atoms with Gasteiger partial charge >= 0.3 is 0 Å². The van der Waals surface area contributed by atoms with Crippen molar-refractivity contribution in [3.8, 4) is 0 Å². The van der Waals surface area contributed by atoms with Crippen molar-refractivity contribution in [2.24, 2.45) is 0 Å². The second-order valence-corrected chi connectivity index (χ2v) is 4.83. The molecule has 0 fully saturated rings. The van der Waals surface area contributed by atoms with Gasteiger partial charge in [0.25, 0.3) is 0 Å². The van der Waals surface area contributed by atoms with Crippen molar-refractivity contribution in [3.05, 3.63) is 71.8 Å². The molecule has 102 valence electrons. The molecule has 3 rings (SSSR count). The molecule has 3 aromatic rings. The van der Waals surface area contributed by atoms with Gasteiger partial charge in [-0.25, -0.2) is 0 Å². The van der Waals surface area contributed by atoms with Crippen LogP contribution in [0.25, 0.3) is 21.5 Å². The molecule has 0 unspecified atom stereocenters. The molecule has 0 saturated heterocycles. The van der Waals surface area contributed by atoms with Crippen molar-refractivity contribution in [2.45, 2.75) is 27.7 Å². The second kappa shape index (κ2) is 6.38. The molecule has 2 bridgehead atoms. The third-order valence-corrected chi connectivity index (χ3v) is 3.54. The van der Waals surface area contributed by atoms with Gasteiger partial charge in [0.05, 0.1) is 0 Å². The first-order chi connectivity index (χ1) is 9.75. The van der Waals surface area contributed by atoms with Crippen LogP contribution in [0, 0.1) is 13.8 Å². The molecule has 0 atom stereocenters. The number of rotatable bonds is 0. The first-order valence-electron chi connectivity index (χ1n) is 7.31. The number of hydrogen-bond acceptors (Lipinski definition) is 0. The maximum atomic E-state index is 2.21. The predicted molar refractivity (Wildman–Crippen MR) is 91.1 cm³/mol. The van der Waals surface area contributed by atoms with Gasteiger partial charge in [-0.2, -0.15) is 0 Å². The van der Waals surface area contributed by atoms with Crippen molar-refractivity contribution in [2.75, 3.05) is 0 Å². The Kier molecular flexibility index (Phi) is 4.57. The van der Waals surface area contributed by atoms with E-state index in [1.165, 1.54) is 32.7 Å². The molecule has 0 saturated carbocycles. The lowest BCUT2D eigenvalue weighted by molar-refractivity contribution is 1.50. The van der Waals surface area contributed by atoms with Crippen molar-refractivity contribution in [1.29, 1.82) is 0 Å². The lowest BCUT2D eigenvalue weighted by Gasteiger charge is -2.06. The first-order valence-corrected chi connectivity index (χ1v) is 7.31. The zero-order chi connectivity index (χ0) is 14.5. The first kappa shape index (κ1) is 14.3. The quantitative estimate of drug-likeness (QED) is 0.452. The Morgan fingerprint density at radius 2 is 1.05 bits per heavy atom. The molecule has 0 N–H and O–H groups in total. The Bertz CT molecular complexity index is 752. The van der Waals surface area contributed by atoms with Crippen molar-refractivity contribution >= 4 is 21.5 Å². The van der Waals surface area contributed by atoms with Crippen molar-refractivity contribution in [1.82, 2.24) is 0 Å². The van der Waals surface area contributed by atoms with Crippen molar-refractivity contribution in [3.63, 3.8) is 0 Å². The van der Waals surface area contributed by atoms with Gasteiger partial charge in [-0.15, -0.1) is 0 Å². The highest BCUT2D eigenvalue weighted by atomic mass is 14.0. The Hall–Kier alpha value is -2.08. The van der Waals surface area contributed by atoms with E-state index >= 15 is 0 Å². The summed E-state index contributed by atoms with van der Waals surface area (Å²) in [5.41, 5.74) is 2.63. The molecule has 0 aliphatic heterocycles. The van der Waals surface area contributed by atoms with Crippen LogP contribution in [0.1, 0.15) is 25.0 Å². The van der Waals surface area contributed by atoms with Gasteiger partial charge < -0.3 is 0 Å². The van der Waals surface area contributed by atoms with Gasteiger partial charge in [-0.3, -0.25) is 0 Å². The molecular formula is C20H22. The molecule has 20 heavy (non-hydrogen) atoms. The van der Waals surface area contributed by atoms with Crippen LogP contribution in [0.5, 0.6) is 0 Å². The smallest absolute Gasteiger partial charge is 0.00762 e. The largest absolute Gasteiger partial charge is 0.0683 e. The van der Waals surface area contributed by atoms with Gasteiger partial charge in [-0.05, 0) is 41.0 Å². The van der Waals surface area contributed by atoms with Crippen LogP contribution in [0.3, 0.4) is 0 Å². The standard InChI is InChI=1S/C18H16.C2H6/c1-13-5-3-6-15-11-12-17-8-4-7-16(10-9-13)18(17)14(15)2;1-2/h3-12H,1-2H3;1-2H3. The number of hydrogen-bond donors (Lipinski definition) is 0. The third kappa shape index (κ3) is 2.75. The SMILES string of the molecule is CC.Cc1cccc2ccc3cccc(cc1)c3c2C. The molecule has 0 aliphatic rings. The molecular weight excluding hydrogens is 240 g/mol. The summed E-state index contributed by atoms with van der Waals surface area (Å²) in [5, 5.41) is 5.28. The minimum Gasteiger partial charge on any atom is -0.0683 e. The average Bonchev–Trinajstić information content (AvgIpc) is 2.49. The molecule has 0 nitrogen and oxygen atoms in total. The minimum atomic E-state index is 1.27. The highest BCUT2D eigenvalue weighted by Gasteiger charge is 2.01. The maximum Gasteiger partial charge on any atom is -0.00762 e. The summed E-state index contributed by atoms with van der Waals surface area (Å²) in [4.78, 5) is 0. The van der Waals surface area contributed by atoms with E-state index in [0.717, 1.165) is 0 Å². The van der Waals surface area contributed by atoms with E-state index in [0.29, 0.717) is 0 Å². The number of aryl methyl sites for hydroxylation is 2. The monoisotopic (exact) mass is 262 g/mol. The zero-order valence-corrected chi connectivity index (χ0v) is 12.8. The second-order valence-electron chi connectivity index (χ2n) is 4.83. The van der Waals surface area contributed by atoms with E-state index in [-0.39, 0.29) is 0 Å². The molecule has 0 heteroatoms. The van der Waals surface area contributed by atoms with Gasteiger partial charge in [0, 0.05) is 0 Å². The summed E-state index contributed by atoms with van der Waals surface area (Å²) in [6.07, 6.45) is 0. The van der Waals surface area contributed by atoms with Gasteiger partial charge in [0.2, 0.25) is 0 Å². The van der Waals surface area contributed by atoms with E-state index in [4.69, 9.17) is 0 Å². The Labute approximate surface area is 121 Å². The molecule has 0 aromatic heterocycles. The maximum absolute atomic E-state index is 2.21. The third-order valence-electron chi connectivity index (χ3n) is 3.54. The summed E-state index contributed by atoms with van der Waals surface area (Å²) < 4.78 is 0. The van der Waals surface area contributed by atoms with Crippen LogP contribution in [0.4, 0.5) is 0 Å². The van der Waals surface area contributed by atoms with E-state index in [9.17, 15) is 0 Å².